The largest absolute Gasteiger partial charge is 0.393 e. The van der Waals surface area contributed by atoms with Crippen LogP contribution < -0.4 is 5.32 Å². The van der Waals surface area contributed by atoms with Crippen LogP contribution in [0.25, 0.3) is 10.8 Å². The average molecular weight is 693 g/mol. The fourth-order valence-electron chi connectivity index (χ4n) is 8.38. The molecule has 4 atom stereocenters. The van der Waals surface area contributed by atoms with Crippen molar-refractivity contribution in [2.24, 2.45) is 5.41 Å². The van der Waals surface area contributed by atoms with Crippen LogP contribution >= 0.6 is 11.3 Å². The summed E-state index contributed by atoms with van der Waals surface area (Å²) < 4.78 is 0. The van der Waals surface area contributed by atoms with Gasteiger partial charge < -0.3 is 20.4 Å². The fraction of sp³-hybridized carbons (Fsp3) is 0.442. The smallest absolute Gasteiger partial charge is 0.317 e. The lowest BCUT2D eigenvalue weighted by molar-refractivity contribution is -0.0780. The standard InChI is InChI=1S/C43H52N2O4S/c1-28(2)44-41(48)45(26-33-13-8-12-32-11-6-7-14-35(32)33)27-43(49)23-21-38-36-19-17-31(25-37(36)40(47)39-20-16-30(4)50-39)24-34(46)18-15-29(3)10-9-22-42(38,43)5/h6-8,10-14,16-17,19-20,25,28,34,38,46,49H,9,15,18,21-24,26-27H2,1-5H3,(H,44,48). The number of aliphatic hydroxyl groups excluding tert-OH is 1. The summed E-state index contributed by atoms with van der Waals surface area (Å²) in [6.45, 7) is 10.8. The van der Waals surface area contributed by atoms with E-state index in [9.17, 15) is 19.8 Å². The average Bonchev–Trinajstić information content (AvgIpc) is 3.62. The lowest BCUT2D eigenvalue weighted by atomic mass is 9.64. The molecule has 4 aromatic rings. The summed E-state index contributed by atoms with van der Waals surface area (Å²) >= 11 is 1.50. The molecule has 3 aromatic carbocycles. The van der Waals surface area contributed by atoms with Crippen LogP contribution in [0.15, 0.2) is 84.4 Å². The highest BCUT2D eigenvalue weighted by molar-refractivity contribution is 7.14. The van der Waals surface area contributed by atoms with Gasteiger partial charge in [-0.1, -0.05) is 73.2 Å². The summed E-state index contributed by atoms with van der Waals surface area (Å²) in [5.41, 5.74) is 2.95. The predicted octanol–water partition coefficient (Wildman–Crippen LogP) is 9.10. The first kappa shape index (κ1) is 36.0. The number of carbonyl (C=O) groups is 2. The number of amides is 2. The van der Waals surface area contributed by atoms with Gasteiger partial charge in [-0.05, 0) is 124 Å². The topological polar surface area (TPSA) is 89.9 Å². The minimum atomic E-state index is -1.22. The highest BCUT2D eigenvalue weighted by Crippen LogP contribution is 2.59. The molecule has 0 aliphatic heterocycles. The van der Waals surface area contributed by atoms with Crippen LogP contribution in [-0.4, -0.2) is 51.2 Å². The number of rotatable bonds is 7. The number of fused-ring (bicyclic) bond motifs is 9. The molecule has 0 spiro atoms. The fourth-order valence-corrected chi connectivity index (χ4v) is 9.20. The molecule has 0 radical (unpaired) electrons. The third-order valence-corrected chi connectivity index (χ3v) is 12.3. The van der Waals surface area contributed by atoms with Gasteiger partial charge in [0.1, 0.15) is 0 Å². The molecule has 7 rings (SSSR count). The van der Waals surface area contributed by atoms with Crippen molar-refractivity contribution in [1.29, 1.82) is 0 Å². The monoisotopic (exact) mass is 692 g/mol. The van der Waals surface area contributed by atoms with Crippen molar-refractivity contribution >= 4 is 33.9 Å². The maximum Gasteiger partial charge on any atom is 0.317 e. The Balaban J connectivity index is 1.43. The molecule has 4 unspecified atom stereocenters. The highest BCUT2D eigenvalue weighted by Gasteiger charge is 2.57. The van der Waals surface area contributed by atoms with E-state index in [1.54, 1.807) is 4.90 Å². The molecule has 1 heterocycles. The second kappa shape index (κ2) is 14.8. The Morgan fingerprint density at radius 2 is 1.78 bits per heavy atom. The van der Waals surface area contributed by atoms with Crippen molar-refractivity contribution in [2.45, 2.75) is 110 Å². The van der Waals surface area contributed by atoms with Gasteiger partial charge in [0.25, 0.3) is 0 Å². The highest BCUT2D eigenvalue weighted by atomic mass is 32.1. The minimum absolute atomic E-state index is 0.0102. The Bertz CT molecular complexity index is 1890. The molecule has 1 fully saturated rings. The molecule has 3 N–H and O–H groups in total. The number of nitrogens with one attached hydrogen (secondary N) is 1. The van der Waals surface area contributed by atoms with E-state index >= 15 is 0 Å². The van der Waals surface area contributed by atoms with E-state index in [1.807, 2.05) is 57.2 Å². The lowest BCUT2D eigenvalue weighted by Gasteiger charge is -2.46. The number of urea groups is 1. The molecule has 7 heteroatoms. The lowest BCUT2D eigenvalue weighted by Crippen LogP contribution is -2.55. The normalized spacial score (nSPS) is 24.1. The maximum atomic E-state index is 14.3. The van der Waals surface area contributed by atoms with Gasteiger partial charge in [0.2, 0.25) is 5.78 Å². The van der Waals surface area contributed by atoms with Gasteiger partial charge in [-0.3, -0.25) is 4.79 Å². The van der Waals surface area contributed by atoms with Gasteiger partial charge in [0.15, 0.2) is 0 Å². The molecule has 6 nitrogen and oxygen atoms in total. The molecule has 264 valence electrons. The second-order valence-electron chi connectivity index (χ2n) is 15.3. The quantitative estimate of drug-likeness (QED) is 0.133. The van der Waals surface area contributed by atoms with Gasteiger partial charge >= 0.3 is 6.03 Å². The predicted molar refractivity (Wildman–Crippen MR) is 204 cm³/mol. The molecule has 1 aromatic heterocycles. The zero-order valence-electron chi connectivity index (χ0n) is 30.2. The van der Waals surface area contributed by atoms with Crippen LogP contribution in [0.3, 0.4) is 0 Å². The van der Waals surface area contributed by atoms with E-state index in [-0.39, 0.29) is 30.3 Å². The van der Waals surface area contributed by atoms with E-state index in [4.69, 9.17) is 0 Å². The van der Waals surface area contributed by atoms with Crippen molar-refractivity contribution < 1.29 is 19.8 Å². The summed E-state index contributed by atoms with van der Waals surface area (Å²) in [6.07, 6.45) is 6.32. The first-order chi connectivity index (χ1) is 23.9. The summed E-state index contributed by atoms with van der Waals surface area (Å²) in [4.78, 5) is 31.8. The number of nitrogens with zero attached hydrogens (tertiary/aromatic N) is 1. The molecule has 2 bridgehead atoms. The summed E-state index contributed by atoms with van der Waals surface area (Å²) in [5.74, 6) is -0.125. The van der Waals surface area contributed by atoms with Gasteiger partial charge in [0, 0.05) is 28.4 Å². The van der Waals surface area contributed by atoms with Crippen molar-refractivity contribution in [1.82, 2.24) is 10.2 Å². The molecule has 3 aliphatic carbocycles. The molecule has 3 aliphatic rings. The number of hydrogen-bond donors (Lipinski definition) is 3. The summed E-state index contributed by atoms with van der Waals surface area (Å²) in [5, 5.41) is 29.3. The van der Waals surface area contributed by atoms with E-state index in [0.717, 1.165) is 45.2 Å². The van der Waals surface area contributed by atoms with Crippen molar-refractivity contribution in [2.75, 3.05) is 6.54 Å². The Labute approximate surface area is 301 Å². The third-order valence-electron chi connectivity index (χ3n) is 11.3. The number of allylic oxidation sites excluding steroid dienone is 2. The van der Waals surface area contributed by atoms with E-state index < -0.39 is 17.1 Å². The minimum Gasteiger partial charge on any atom is -0.393 e. The summed E-state index contributed by atoms with van der Waals surface area (Å²) in [7, 11) is 0. The summed E-state index contributed by atoms with van der Waals surface area (Å²) in [6, 6.07) is 24.2. The van der Waals surface area contributed by atoms with Crippen LogP contribution in [0.5, 0.6) is 0 Å². The molecule has 0 saturated heterocycles. The number of benzene rings is 3. The van der Waals surface area contributed by atoms with Gasteiger partial charge in [-0.25, -0.2) is 4.79 Å². The molecule has 50 heavy (non-hydrogen) atoms. The molecule has 2 amide bonds. The van der Waals surface area contributed by atoms with Crippen molar-refractivity contribution in [3.8, 4) is 0 Å². The van der Waals surface area contributed by atoms with E-state index in [0.29, 0.717) is 49.1 Å². The van der Waals surface area contributed by atoms with Gasteiger partial charge in [-0.2, -0.15) is 0 Å². The van der Waals surface area contributed by atoms with E-state index in [2.05, 4.69) is 61.6 Å². The van der Waals surface area contributed by atoms with Crippen LogP contribution in [0.4, 0.5) is 4.79 Å². The maximum absolute atomic E-state index is 14.3. The number of carbonyl (C=O) groups excluding carboxylic acids is 2. The number of aliphatic hydroxyl groups is 2. The van der Waals surface area contributed by atoms with Crippen molar-refractivity contribution in [3.05, 3.63) is 116 Å². The van der Waals surface area contributed by atoms with Crippen LogP contribution in [0.2, 0.25) is 0 Å². The van der Waals surface area contributed by atoms with Crippen LogP contribution in [0.1, 0.15) is 109 Å². The first-order valence-corrected chi connectivity index (χ1v) is 19.0. The zero-order chi connectivity index (χ0) is 35.6. The molecular formula is C43H52N2O4S. The third kappa shape index (κ3) is 7.46. The number of hydrogen-bond acceptors (Lipinski definition) is 5. The van der Waals surface area contributed by atoms with Crippen molar-refractivity contribution in [3.63, 3.8) is 0 Å². The number of thiophene rings is 1. The Morgan fingerprint density at radius 1 is 1.00 bits per heavy atom. The molecule has 1 saturated carbocycles. The Hall–Kier alpha value is -3.78. The van der Waals surface area contributed by atoms with Gasteiger partial charge in [-0.15, -0.1) is 11.3 Å². The van der Waals surface area contributed by atoms with Gasteiger partial charge in [0.05, 0.1) is 23.1 Å². The first-order valence-electron chi connectivity index (χ1n) is 18.2. The number of aryl methyl sites for hydroxylation is 1. The number of ketones is 1. The Morgan fingerprint density at radius 3 is 2.54 bits per heavy atom. The Kier molecular flexibility index (Phi) is 10.7. The van der Waals surface area contributed by atoms with Crippen LogP contribution in [-0.2, 0) is 13.0 Å². The zero-order valence-corrected chi connectivity index (χ0v) is 31.0. The van der Waals surface area contributed by atoms with E-state index in [1.165, 1.54) is 16.9 Å². The SMILES string of the molecule is CC1=CCCC2(C)C(CCC2(O)CN(Cc2cccc3ccccc23)C(=O)NC(C)C)c2ccc(cc2C(=O)c2ccc(C)s2)CC(O)CC1. The van der Waals surface area contributed by atoms with Crippen LogP contribution in [0, 0.1) is 12.3 Å². The second-order valence-corrected chi connectivity index (χ2v) is 16.6. The molecular weight excluding hydrogens is 641 g/mol.